The Kier molecular flexibility index (Phi) is 3.57. The first kappa shape index (κ1) is 11.1. The summed E-state index contributed by atoms with van der Waals surface area (Å²) >= 11 is 0. The summed E-state index contributed by atoms with van der Waals surface area (Å²) in [5.74, 6) is -0.382. The summed E-state index contributed by atoms with van der Waals surface area (Å²) in [6.07, 6.45) is 1.85. The minimum atomic E-state index is -0.644. The highest BCUT2D eigenvalue weighted by atomic mass is 16.4. The molecule has 1 aliphatic rings. The van der Waals surface area contributed by atoms with Crippen molar-refractivity contribution >= 4 is 5.97 Å². The summed E-state index contributed by atoms with van der Waals surface area (Å²) in [5.41, 5.74) is 1.32. The first-order valence-electron chi connectivity index (χ1n) is 5.75. The maximum Gasteiger partial charge on any atom is 0.306 e. The lowest BCUT2D eigenvalue weighted by Crippen LogP contribution is -2.21. The monoisotopic (exact) mass is 219 g/mol. The van der Waals surface area contributed by atoms with Crippen molar-refractivity contribution in [3.8, 4) is 0 Å². The Hall–Kier alpha value is -1.35. The third-order valence-electron chi connectivity index (χ3n) is 3.08. The van der Waals surface area contributed by atoms with Gasteiger partial charge in [-0.2, -0.15) is 0 Å². The third-order valence-corrected chi connectivity index (χ3v) is 3.08. The van der Waals surface area contributed by atoms with Crippen molar-refractivity contribution in [2.75, 3.05) is 13.1 Å². The van der Waals surface area contributed by atoms with Crippen LogP contribution in [0.2, 0.25) is 0 Å². The Labute approximate surface area is 95.5 Å². The third kappa shape index (κ3) is 3.07. The molecule has 1 aromatic rings. The highest BCUT2D eigenvalue weighted by molar-refractivity contribution is 5.73. The van der Waals surface area contributed by atoms with Crippen LogP contribution in [0.1, 0.15) is 12.0 Å². The van der Waals surface area contributed by atoms with Crippen LogP contribution < -0.4 is 5.32 Å². The topological polar surface area (TPSA) is 49.3 Å². The number of benzene rings is 1. The number of hydrogen-bond acceptors (Lipinski definition) is 2. The average Bonchev–Trinajstić information content (AvgIpc) is 3.05. The standard InChI is InChI=1S/C13H17NO2/c15-13(16)12-8-11(12)9-14-7-6-10-4-2-1-3-5-10/h1-5,11-12,14H,6-9H2,(H,15,16). The van der Waals surface area contributed by atoms with Gasteiger partial charge in [-0.05, 0) is 37.4 Å². The second kappa shape index (κ2) is 5.12. The molecule has 1 fully saturated rings. The first-order valence-corrected chi connectivity index (χ1v) is 5.75. The zero-order chi connectivity index (χ0) is 11.4. The van der Waals surface area contributed by atoms with E-state index in [4.69, 9.17) is 5.11 Å². The van der Waals surface area contributed by atoms with Crippen LogP contribution in [-0.2, 0) is 11.2 Å². The normalized spacial score (nSPS) is 23.0. The summed E-state index contributed by atoms with van der Waals surface area (Å²) in [6, 6.07) is 10.3. The molecule has 3 heteroatoms. The molecular weight excluding hydrogens is 202 g/mol. The maximum absolute atomic E-state index is 10.6. The number of nitrogens with one attached hydrogen (secondary N) is 1. The van der Waals surface area contributed by atoms with Gasteiger partial charge in [-0.15, -0.1) is 0 Å². The second-order valence-electron chi connectivity index (χ2n) is 4.38. The molecule has 0 aromatic heterocycles. The van der Waals surface area contributed by atoms with E-state index >= 15 is 0 Å². The van der Waals surface area contributed by atoms with Crippen LogP contribution in [-0.4, -0.2) is 24.2 Å². The number of carboxylic acid groups (broad SMARTS) is 1. The van der Waals surface area contributed by atoms with E-state index in [0.29, 0.717) is 5.92 Å². The first-order chi connectivity index (χ1) is 7.77. The molecule has 16 heavy (non-hydrogen) atoms. The fourth-order valence-corrected chi connectivity index (χ4v) is 1.94. The van der Waals surface area contributed by atoms with Gasteiger partial charge in [-0.3, -0.25) is 4.79 Å². The van der Waals surface area contributed by atoms with Crippen LogP contribution in [0, 0.1) is 11.8 Å². The number of rotatable bonds is 6. The Morgan fingerprint density at radius 2 is 2.12 bits per heavy atom. The van der Waals surface area contributed by atoms with Crippen molar-refractivity contribution in [2.45, 2.75) is 12.8 Å². The largest absolute Gasteiger partial charge is 0.481 e. The van der Waals surface area contributed by atoms with Crippen molar-refractivity contribution in [1.29, 1.82) is 0 Å². The molecule has 0 aliphatic heterocycles. The summed E-state index contributed by atoms with van der Waals surface area (Å²) in [5, 5.41) is 12.0. The molecule has 2 rings (SSSR count). The van der Waals surface area contributed by atoms with Gasteiger partial charge in [-0.1, -0.05) is 30.3 Å². The van der Waals surface area contributed by atoms with E-state index in [1.165, 1.54) is 5.56 Å². The van der Waals surface area contributed by atoms with Gasteiger partial charge < -0.3 is 10.4 Å². The molecule has 2 atom stereocenters. The molecule has 1 aromatic carbocycles. The maximum atomic E-state index is 10.6. The SMILES string of the molecule is O=C(O)C1CC1CNCCc1ccccc1. The van der Waals surface area contributed by atoms with E-state index in [-0.39, 0.29) is 5.92 Å². The van der Waals surface area contributed by atoms with E-state index in [1.54, 1.807) is 0 Å². The summed E-state index contributed by atoms with van der Waals surface area (Å²) in [4.78, 5) is 10.6. The zero-order valence-corrected chi connectivity index (χ0v) is 9.23. The minimum absolute atomic E-state index is 0.0933. The number of aliphatic carboxylic acids is 1. The van der Waals surface area contributed by atoms with Crippen LogP contribution in [0.4, 0.5) is 0 Å². The van der Waals surface area contributed by atoms with Crippen molar-refractivity contribution in [3.63, 3.8) is 0 Å². The second-order valence-corrected chi connectivity index (χ2v) is 4.38. The van der Waals surface area contributed by atoms with E-state index in [2.05, 4.69) is 17.4 Å². The summed E-state index contributed by atoms with van der Waals surface area (Å²) < 4.78 is 0. The summed E-state index contributed by atoms with van der Waals surface area (Å²) in [6.45, 7) is 1.76. The lowest BCUT2D eigenvalue weighted by atomic mass is 10.1. The van der Waals surface area contributed by atoms with Crippen LogP contribution in [0.5, 0.6) is 0 Å². The minimum Gasteiger partial charge on any atom is -0.481 e. The van der Waals surface area contributed by atoms with E-state index in [0.717, 1.165) is 25.9 Å². The molecule has 0 saturated heterocycles. The highest BCUT2D eigenvalue weighted by Crippen LogP contribution is 2.37. The van der Waals surface area contributed by atoms with Gasteiger partial charge in [0, 0.05) is 0 Å². The Balaban J connectivity index is 1.58. The molecule has 1 saturated carbocycles. The van der Waals surface area contributed by atoms with Gasteiger partial charge in [0.25, 0.3) is 0 Å². The van der Waals surface area contributed by atoms with Crippen LogP contribution in [0.15, 0.2) is 30.3 Å². The van der Waals surface area contributed by atoms with Gasteiger partial charge >= 0.3 is 5.97 Å². The summed E-state index contributed by atoms with van der Waals surface area (Å²) in [7, 11) is 0. The molecule has 0 radical (unpaired) electrons. The molecule has 2 N–H and O–H groups in total. The average molecular weight is 219 g/mol. The molecule has 0 bridgehead atoms. The van der Waals surface area contributed by atoms with Crippen molar-refractivity contribution in [2.24, 2.45) is 11.8 Å². The Morgan fingerprint density at radius 1 is 1.38 bits per heavy atom. The number of carbonyl (C=O) groups is 1. The predicted molar refractivity (Wildman–Crippen MR) is 62.2 cm³/mol. The quantitative estimate of drug-likeness (QED) is 0.713. The fourth-order valence-electron chi connectivity index (χ4n) is 1.94. The molecule has 0 heterocycles. The molecule has 1 aliphatic carbocycles. The molecule has 0 amide bonds. The Bertz CT molecular complexity index is 350. The Morgan fingerprint density at radius 3 is 2.75 bits per heavy atom. The van der Waals surface area contributed by atoms with E-state index < -0.39 is 5.97 Å². The van der Waals surface area contributed by atoms with Crippen LogP contribution in [0.3, 0.4) is 0 Å². The fraction of sp³-hybridized carbons (Fsp3) is 0.462. The number of hydrogen-bond donors (Lipinski definition) is 2. The molecule has 86 valence electrons. The van der Waals surface area contributed by atoms with Crippen LogP contribution in [0.25, 0.3) is 0 Å². The molecular formula is C13H17NO2. The molecule has 2 unspecified atom stereocenters. The lowest BCUT2D eigenvalue weighted by molar-refractivity contribution is -0.138. The zero-order valence-electron chi connectivity index (χ0n) is 9.23. The lowest BCUT2D eigenvalue weighted by Gasteiger charge is -2.03. The van der Waals surface area contributed by atoms with Crippen molar-refractivity contribution < 1.29 is 9.90 Å². The predicted octanol–water partition coefficient (Wildman–Crippen LogP) is 1.54. The van der Waals surface area contributed by atoms with Crippen molar-refractivity contribution in [1.82, 2.24) is 5.32 Å². The number of carboxylic acids is 1. The molecule has 0 spiro atoms. The highest BCUT2D eigenvalue weighted by Gasteiger charge is 2.42. The van der Waals surface area contributed by atoms with E-state index in [1.807, 2.05) is 18.2 Å². The molecule has 3 nitrogen and oxygen atoms in total. The van der Waals surface area contributed by atoms with Gasteiger partial charge in [0.1, 0.15) is 0 Å². The van der Waals surface area contributed by atoms with Gasteiger partial charge in [0.05, 0.1) is 5.92 Å². The van der Waals surface area contributed by atoms with Crippen LogP contribution >= 0.6 is 0 Å². The van der Waals surface area contributed by atoms with Crippen molar-refractivity contribution in [3.05, 3.63) is 35.9 Å². The van der Waals surface area contributed by atoms with Gasteiger partial charge in [-0.25, -0.2) is 0 Å². The van der Waals surface area contributed by atoms with Gasteiger partial charge in [0.15, 0.2) is 0 Å². The van der Waals surface area contributed by atoms with Gasteiger partial charge in [0.2, 0.25) is 0 Å². The smallest absolute Gasteiger partial charge is 0.306 e. The van der Waals surface area contributed by atoms with E-state index in [9.17, 15) is 4.79 Å².